The molecular weight excluding hydrogens is 314 g/mol. The number of fused-ring (bicyclic) bond motifs is 1. The topological polar surface area (TPSA) is 96.9 Å². The molecular formula is C20H22N3O2+. The Labute approximate surface area is 145 Å². The molecule has 25 heavy (non-hydrogen) atoms. The second-order valence-electron chi connectivity index (χ2n) is 6.62. The van der Waals surface area contributed by atoms with Gasteiger partial charge in [0.1, 0.15) is 0 Å². The first-order chi connectivity index (χ1) is 12.1. The van der Waals surface area contributed by atoms with Gasteiger partial charge >= 0.3 is 0 Å². The number of H-pyrrole nitrogens is 1. The van der Waals surface area contributed by atoms with Crippen molar-refractivity contribution >= 4 is 16.7 Å². The summed E-state index contributed by atoms with van der Waals surface area (Å²) in [6.07, 6.45) is 4.69. The average molecular weight is 336 g/mol. The van der Waals surface area contributed by atoms with E-state index in [2.05, 4.69) is 4.98 Å². The van der Waals surface area contributed by atoms with Gasteiger partial charge in [-0.15, -0.1) is 0 Å². The Morgan fingerprint density at radius 3 is 2.72 bits per heavy atom. The molecule has 1 aliphatic carbocycles. The van der Waals surface area contributed by atoms with Gasteiger partial charge < -0.3 is 14.8 Å². The van der Waals surface area contributed by atoms with Crippen LogP contribution in [0.3, 0.4) is 0 Å². The van der Waals surface area contributed by atoms with Crippen molar-refractivity contribution in [3.8, 4) is 22.8 Å². The van der Waals surface area contributed by atoms with Gasteiger partial charge in [0.2, 0.25) is 0 Å². The van der Waals surface area contributed by atoms with Crippen molar-refractivity contribution in [1.29, 1.82) is 0 Å². The summed E-state index contributed by atoms with van der Waals surface area (Å²) in [6.45, 7) is 0. The van der Waals surface area contributed by atoms with Crippen LogP contribution >= 0.6 is 0 Å². The number of rotatable bonds is 4. The van der Waals surface area contributed by atoms with E-state index in [-0.39, 0.29) is 11.9 Å². The molecule has 0 spiro atoms. The average Bonchev–Trinajstić information content (AvgIpc) is 3.25. The monoisotopic (exact) mass is 336 g/mol. The number of phenolic OH excluding ortho intramolecular Hbond substituents is 1. The largest absolute Gasteiger partial charge is 0.504 e. The summed E-state index contributed by atoms with van der Waals surface area (Å²) < 4.78 is 5.99. The molecule has 1 heterocycles. The van der Waals surface area contributed by atoms with E-state index in [1.165, 1.54) is 12.8 Å². The van der Waals surface area contributed by atoms with E-state index in [0.717, 1.165) is 40.6 Å². The third kappa shape index (κ3) is 2.93. The van der Waals surface area contributed by atoms with E-state index in [1.54, 1.807) is 0 Å². The van der Waals surface area contributed by atoms with Gasteiger partial charge in [-0.25, -0.2) is 0 Å². The molecule has 128 valence electrons. The summed E-state index contributed by atoms with van der Waals surface area (Å²) in [5, 5.41) is 17.3. The lowest BCUT2D eigenvalue weighted by atomic mass is 10.1. The molecule has 0 bridgehead atoms. The third-order valence-corrected chi connectivity index (χ3v) is 4.84. The fourth-order valence-electron chi connectivity index (χ4n) is 3.48. The van der Waals surface area contributed by atoms with Crippen molar-refractivity contribution in [3.05, 3.63) is 48.0 Å². The van der Waals surface area contributed by atoms with Gasteiger partial charge in [-0.1, -0.05) is 6.07 Å². The maximum absolute atomic E-state index is 10.7. The Hall–Kier alpha value is -2.95. The zero-order valence-electron chi connectivity index (χ0n) is 14.0. The van der Waals surface area contributed by atoms with Gasteiger partial charge in [0, 0.05) is 16.5 Å². The predicted octanol–water partition coefficient (Wildman–Crippen LogP) is 2.33. The normalized spacial score (nSPS) is 14.9. The summed E-state index contributed by atoms with van der Waals surface area (Å²) in [5.74, 6) is 1.01. The number of aromatic amines is 1. The minimum absolute atomic E-state index is 0.172. The molecule has 2 aromatic carbocycles. The second kappa shape index (κ2) is 6.16. The molecule has 1 aromatic heterocycles. The Morgan fingerprint density at radius 2 is 1.96 bits per heavy atom. The van der Waals surface area contributed by atoms with Crippen molar-refractivity contribution in [3.63, 3.8) is 0 Å². The number of amidine groups is 1. The summed E-state index contributed by atoms with van der Waals surface area (Å²) >= 11 is 0. The minimum Gasteiger partial charge on any atom is -0.504 e. The van der Waals surface area contributed by atoms with Crippen LogP contribution in [0.5, 0.6) is 11.5 Å². The van der Waals surface area contributed by atoms with Gasteiger partial charge in [0.15, 0.2) is 11.5 Å². The second-order valence-corrected chi connectivity index (χ2v) is 6.62. The lowest BCUT2D eigenvalue weighted by molar-refractivity contribution is -0.114. The van der Waals surface area contributed by atoms with Crippen LogP contribution in [0.1, 0.15) is 31.2 Å². The van der Waals surface area contributed by atoms with E-state index in [0.29, 0.717) is 11.6 Å². The highest BCUT2D eigenvalue weighted by Crippen LogP contribution is 2.39. The van der Waals surface area contributed by atoms with Crippen LogP contribution in [0.15, 0.2) is 42.5 Å². The summed E-state index contributed by atoms with van der Waals surface area (Å²) in [6, 6.07) is 13.3. The Bertz CT molecular complexity index is 939. The van der Waals surface area contributed by atoms with Gasteiger partial charge in [-0.3, -0.25) is 11.1 Å². The Morgan fingerprint density at radius 1 is 1.16 bits per heavy atom. The van der Waals surface area contributed by atoms with Gasteiger partial charge in [-0.05, 0) is 62.1 Å². The zero-order chi connectivity index (χ0) is 17.4. The molecule has 1 fully saturated rings. The van der Waals surface area contributed by atoms with Crippen molar-refractivity contribution in [1.82, 2.24) is 4.98 Å². The molecule has 6 N–H and O–H groups in total. The molecule has 5 nitrogen and oxygen atoms in total. The van der Waals surface area contributed by atoms with Crippen LogP contribution in [0.25, 0.3) is 22.2 Å². The molecule has 5 heteroatoms. The molecule has 0 atom stereocenters. The highest BCUT2D eigenvalue weighted by Gasteiger charge is 2.20. The molecule has 0 radical (unpaired) electrons. The first-order valence-corrected chi connectivity index (χ1v) is 8.62. The van der Waals surface area contributed by atoms with Crippen LogP contribution in [-0.4, -0.2) is 22.0 Å². The van der Waals surface area contributed by atoms with Crippen molar-refractivity contribution < 1.29 is 15.3 Å². The summed E-state index contributed by atoms with van der Waals surface area (Å²) in [4.78, 5) is 3.33. The van der Waals surface area contributed by atoms with Crippen molar-refractivity contribution in [2.45, 2.75) is 31.8 Å². The first-order valence-electron chi connectivity index (χ1n) is 8.62. The molecule has 1 aliphatic rings. The Balaban J connectivity index is 1.71. The summed E-state index contributed by atoms with van der Waals surface area (Å²) in [5.41, 5.74) is 8.98. The molecule has 1 saturated carbocycles. The first kappa shape index (κ1) is 15.6. The van der Waals surface area contributed by atoms with Crippen LogP contribution in [-0.2, 0) is 0 Å². The molecule has 0 unspecified atom stereocenters. The molecule has 0 aliphatic heterocycles. The number of nitrogens with one attached hydrogen (secondary N) is 1. The number of hydrogen-bond acceptors (Lipinski definition) is 2. The van der Waals surface area contributed by atoms with Crippen LogP contribution in [0.2, 0.25) is 0 Å². The van der Waals surface area contributed by atoms with Crippen LogP contribution in [0, 0.1) is 0 Å². The lowest BCUT2D eigenvalue weighted by Gasteiger charge is -2.15. The van der Waals surface area contributed by atoms with Gasteiger partial charge in [0.25, 0.3) is 5.84 Å². The van der Waals surface area contributed by atoms with E-state index >= 15 is 0 Å². The molecule has 4 rings (SSSR count). The standard InChI is InChI=1S/C20H21N3O2/c21-20(22)12-8-9-16-13(10-12)11-17(23-16)15-6-3-7-18(19(15)24)25-14-4-1-2-5-14/h3,6-11,14,23-24H,1-2,4-5H2,(H3,21,22)/p+1. The highest BCUT2D eigenvalue weighted by molar-refractivity contribution is 5.98. The number of benzene rings is 2. The number of nitrogens with two attached hydrogens (primary N) is 2. The fraction of sp³-hybridized carbons (Fsp3) is 0.250. The number of ether oxygens (including phenoxy) is 1. The molecule has 0 amide bonds. The number of phenols is 1. The van der Waals surface area contributed by atoms with Gasteiger partial charge in [-0.2, -0.15) is 0 Å². The summed E-state index contributed by atoms with van der Waals surface area (Å²) in [7, 11) is 0. The zero-order valence-corrected chi connectivity index (χ0v) is 14.0. The predicted molar refractivity (Wildman–Crippen MR) is 98.5 cm³/mol. The quantitative estimate of drug-likeness (QED) is 0.435. The van der Waals surface area contributed by atoms with Crippen molar-refractivity contribution in [2.24, 2.45) is 5.73 Å². The lowest BCUT2D eigenvalue weighted by Crippen LogP contribution is -2.46. The Kier molecular flexibility index (Phi) is 3.84. The SMILES string of the molecule is NC(=[NH2+])c1ccc2[nH]c(-c3cccc(OC4CCCC4)c3O)cc2c1. The minimum atomic E-state index is 0.172. The molecule has 0 saturated heterocycles. The smallest absolute Gasteiger partial charge is 0.270 e. The third-order valence-electron chi connectivity index (χ3n) is 4.84. The van der Waals surface area contributed by atoms with Gasteiger partial charge in [0.05, 0.1) is 17.4 Å². The number of hydrogen-bond donors (Lipinski definition) is 4. The van der Waals surface area contributed by atoms with E-state index < -0.39 is 0 Å². The number of aromatic nitrogens is 1. The van der Waals surface area contributed by atoms with E-state index in [9.17, 15) is 5.11 Å². The number of para-hydroxylation sites is 1. The van der Waals surface area contributed by atoms with E-state index in [4.69, 9.17) is 15.9 Å². The highest BCUT2D eigenvalue weighted by atomic mass is 16.5. The van der Waals surface area contributed by atoms with Crippen LogP contribution in [0.4, 0.5) is 0 Å². The molecule has 3 aromatic rings. The number of aromatic hydroxyl groups is 1. The maximum Gasteiger partial charge on any atom is 0.270 e. The maximum atomic E-state index is 10.7. The fourth-order valence-corrected chi connectivity index (χ4v) is 3.48. The van der Waals surface area contributed by atoms with E-state index in [1.807, 2.05) is 42.5 Å². The van der Waals surface area contributed by atoms with Crippen LogP contribution < -0.4 is 15.9 Å². The van der Waals surface area contributed by atoms with Crippen molar-refractivity contribution in [2.75, 3.05) is 0 Å².